The number of hydrogen-bond donors (Lipinski definition) is 1. The molecule has 2 aromatic carbocycles. The van der Waals surface area contributed by atoms with Gasteiger partial charge in [0.2, 0.25) is 0 Å². The highest BCUT2D eigenvalue weighted by Crippen LogP contribution is 2.19. The van der Waals surface area contributed by atoms with Gasteiger partial charge in [0.25, 0.3) is 5.91 Å². The van der Waals surface area contributed by atoms with Crippen LogP contribution < -0.4 is 10.1 Å². The lowest BCUT2D eigenvalue weighted by Gasteiger charge is -2.08. The Balaban J connectivity index is 2.05. The van der Waals surface area contributed by atoms with Crippen molar-refractivity contribution >= 4 is 27.5 Å². The number of hydrogen-bond acceptors (Lipinski definition) is 3. The summed E-state index contributed by atoms with van der Waals surface area (Å²) in [6, 6.07) is 14.2. The van der Waals surface area contributed by atoms with E-state index in [1.807, 2.05) is 25.1 Å². The van der Waals surface area contributed by atoms with Crippen molar-refractivity contribution in [2.75, 3.05) is 11.9 Å². The monoisotopic (exact) mass is 344 g/mol. The van der Waals surface area contributed by atoms with E-state index in [-0.39, 0.29) is 12.5 Å². The summed E-state index contributed by atoms with van der Waals surface area (Å²) in [7, 11) is 0. The molecule has 0 aliphatic carbocycles. The maximum Gasteiger partial charge on any atom is 0.255 e. The van der Waals surface area contributed by atoms with Crippen LogP contribution in [-0.4, -0.2) is 12.5 Å². The lowest BCUT2D eigenvalue weighted by Crippen LogP contribution is -2.12. The predicted molar refractivity (Wildman–Crippen MR) is 84.4 cm³/mol. The number of anilines is 1. The van der Waals surface area contributed by atoms with Crippen LogP contribution in [0.25, 0.3) is 0 Å². The van der Waals surface area contributed by atoms with Crippen molar-refractivity contribution in [3.05, 3.63) is 58.1 Å². The van der Waals surface area contributed by atoms with Crippen molar-refractivity contribution in [1.82, 2.24) is 0 Å². The Labute approximate surface area is 131 Å². The van der Waals surface area contributed by atoms with Gasteiger partial charge in [0, 0.05) is 15.7 Å². The Morgan fingerprint density at radius 2 is 2.00 bits per heavy atom. The molecule has 0 heterocycles. The van der Waals surface area contributed by atoms with Crippen LogP contribution in [0.4, 0.5) is 5.69 Å². The van der Waals surface area contributed by atoms with E-state index in [1.54, 1.807) is 30.3 Å². The van der Waals surface area contributed by atoms with E-state index in [1.165, 1.54) is 0 Å². The van der Waals surface area contributed by atoms with Crippen LogP contribution >= 0.6 is 15.9 Å². The molecule has 1 N–H and O–H groups in total. The number of ether oxygens (including phenoxy) is 1. The second-order valence-corrected chi connectivity index (χ2v) is 5.24. The largest absolute Gasteiger partial charge is 0.479 e. The fourth-order valence-electron chi connectivity index (χ4n) is 1.74. The van der Waals surface area contributed by atoms with E-state index in [9.17, 15) is 4.79 Å². The zero-order valence-corrected chi connectivity index (χ0v) is 13.0. The quantitative estimate of drug-likeness (QED) is 0.914. The van der Waals surface area contributed by atoms with Gasteiger partial charge in [0.1, 0.15) is 11.8 Å². The van der Waals surface area contributed by atoms with E-state index >= 15 is 0 Å². The Bertz CT molecular complexity index is 690. The molecule has 0 bridgehead atoms. The van der Waals surface area contributed by atoms with Gasteiger partial charge in [0.15, 0.2) is 6.61 Å². The number of nitrogens with zero attached hydrogens (tertiary/aromatic N) is 1. The van der Waals surface area contributed by atoms with E-state index < -0.39 is 0 Å². The van der Waals surface area contributed by atoms with E-state index in [2.05, 4.69) is 21.2 Å². The molecule has 0 aliphatic heterocycles. The van der Waals surface area contributed by atoms with Gasteiger partial charge < -0.3 is 10.1 Å². The predicted octanol–water partition coefficient (Wildman–Crippen LogP) is 3.91. The lowest BCUT2D eigenvalue weighted by atomic mass is 10.1. The highest BCUT2D eigenvalue weighted by molar-refractivity contribution is 9.10. The van der Waals surface area contributed by atoms with Gasteiger partial charge >= 0.3 is 0 Å². The van der Waals surface area contributed by atoms with Crippen LogP contribution in [0, 0.1) is 18.3 Å². The standard InChI is InChI=1S/C16H13BrN2O2/c1-11-10-12(2-7-15(11)17)16(20)19-13-3-5-14(6-4-13)21-9-8-18/h2-7,10H,9H2,1H3,(H,19,20). The van der Waals surface area contributed by atoms with Gasteiger partial charge in [-0.3, -0.25) is 4.79 Å². The minimum Gasteiger partial charge on any atom is -0.479 e. The molecule has 0 atom stereocenters. The minimum atomic E-state index is -0.170. The molecule has 106 valence electrons. The maximum absolute atomic E-state index is 12.1. The number of rotatable bonds is 4. The molecular weight excluding hydrogens is 332 g/mol. The third kappa shape index (κ3) is 4.07. The van der Waals surface area contributed by atoms with Gasteiger partial charge in [-0.15, -0.1) is 0 Å². The molecular formula is C16H13BrN2O2. The van der Waals surface area contributed by atoms with Crippen LogP contribution in [0.5, 0.6) is 5.75 Å². The number of halogens is 1. The first kappa shape index (κ1) is 15.1. The van der Waals surface area contributed by atoms with Gasteiger partial charge in [0.05, 0.1) is 0 Å². The molecule has 0 aromatic heterocycles. The second kappa shape index (κ2) is 6.91. The Morgan fingerprint density at radius 3 is 2.62 bits per heavy atom. The number of nitrogens with one attached hydrogen (secondary N) is 1. The fraction of sp³-hybridized carbons (Fsp3) is 0.125. The number of aryl methyl sites for hydroxylation is 1. The summed E-state index contributed by atoms with van der Waals surface area (Å²) in [5.41, 5.74) is 2.27. The van der Waals surface area contributed by atoms with Crippen LogP contribution in [0.2, 0.25) is 0 Å². The molecule has 4 nitrogen and oxygen atoms in total. The van der Waals surface area contributed by atoms with Crippen LogP contribution in [0.3, 0.4) is 0 Å². The van der Waals surface area contributed by atoms with Crippen molar-refractivity contribution in [3.63, 3.8) is 0 Å². The smallest absolute Gasteiger partial charge is 0.255 e. The fourth-order valence-corrected chi connectivity index (χ4v) is 1.99. The summed E-state index contributed by atoms with van der Waals surface area (Å²) in [6.07, 6.45) is 0. The molecule has 0 fully saturated rings. The first-order chi connectivity index (χ1) is 10.1. The third-order valence-electron chi connectivity index (χ3n) is 2.84. The van der Waals surface area contributed by atoms with Crippen molar-refractivity contribution in [2.45, 2.75) is 6.92 Å². The van der Waals surface area contributed by atoms with Gasteiger partial charge in [-0.25, -0.2) is 0 Å². The second-order valence-electron chi connectivity index (χ2n) is 4.39. The Morgan fingerprint density at radius 1 is 1.29 bits per heavy atom. The first-order valence-electron chi connectivity index (χ1n) is 6.27. The van der Waals surface area contributed by atoms with E-state index in [0.717, 1.165) is 10.0 Å². The Kier molecular flexibility index (Phi) is 4.96. The van der Waals surface area contributed by atoms with Crippen molar-refractivity contribution < 1.29 is 9.53 Å². The molecule has 2 rings (SSSR count). The third-order valence-corrected chi connectivity index (χ3v) is 3.73. The van der Waals surface area contributed by atoms with Gasteiger partial charge in [-0.05, 0) is 55.0 Å². The molecule has 5 heteroatoms. The molecule has 0 radical (unpaired) electrons. The average molecular weight is 345 g/mol. The summed E-state index contributed by atoms with van der Waals surface area (Å²) >= 11 is 3.41. The molecule has 2 aromatic rings. The summed E-state index contributed by atoms with van der Waals surface area (Å²) in [4.78, 5) is 12.1. The SMILES string of the molecule is Cc1cc(C(=O)Nc2ccc(OCC#N)cc2)ccc1Br. The topological polar surface area (TPSA) is 62.1 Å². The van der Waals surface area contributed by atoms with Crippen LogP contribution in [-0.2, 0) is 0 Å². The average Bonchev–Trinajstić information content (AvgIpc) is 2.49. The lowest BCUT2D eigenvalue weighted by molar-refractivity contribution is 0.102. The van der Waals surface area contributed by atoms with Crippen molar-refractivity contribution in [3.8, 4) is 11.8 Å². The normalized spacial score (nSPS) is 9.76. The van der Waals surface area contributed by atoms with Crippen molar-refractivity contribution in [2.24, 2.45) is 0 Å². The maximum atomic E-state index is 12.1. The molecule has 0 aliphatic rings. The summed E-state index contributed by atoms with van der Waals surface area (Å²) in [6.45, 7) is 1.94. The number of benzene rings is 2. The molecule has 21 heavy (non-hydrogen) atoms. The van der Waals surface area contributed by atoms with Crippen LogP contribution in [0.15, 0.2) is 46.9 Å². The highest BCUT2D eigenvalue weighted by atomic mass is 79.9. The minimum absolute atomic E-state index is 0.00384. The number of carbonyl (C=O) groups excluding carboxylic acids is 1. The number of nitriles is 1. The van der Waals surface area contributed by atoms with E-state index in [0.29, 0.717) is 17.0 Å². The zero-order valence-electron chi connectivity index (χ0n) is 11.4. The van der Waals surface area contributed by atoms with Crippen molar-refractivity contribution in [1.29, 1.82) is 5.26 Å². The summed E-state index contributed by atoms with van der Waals surface area (Å²) in [5.74, 6) is 0.422. The highest BCUT2D eigenvalue weighted by Gasteiger charge is 2.07. The van der Waals surface area contributed by atoms with E-state index in [4.69, 9.17) is 10.00 Å². The molecule has 0 unspecified atom stereocenters. The number of carbonyl (C=O) groups is 1. The molecule has 1 amide bonds. The van der Waals surface area contributed by atoms with Gasteiger partial charge in [-0.1, -0.05) is 15.9 Å². The van der Waals surface area contributed by atoms with Gasteiger partial charge in [-0.2, -0.15) is 5.26 Å². The molecule has 0 saturated heterocycles. The Hall–Kier alpha value is -2.32. The first-order valence-corrected chi connectivity index (χ1v) is 7.07. The summed E-state index contributed by atoms with van der Waals surface area (Å²) in [5, 5.41) is 11.2. The van der Waals surface area contributed by atoms with Crippen LogP contribution in [0.1, 0.15) is 15.9 Å². The number of amides is 1. The summed E-state index contributed by atoms with van der Waals surface area (Å²) < 4.78 is 6.12. The zero-order chi connectivity index (χ0) is 15.2. The molecule has 0 saturated carbocycles. The molecule has 0 spiro atoms.